The van der Waals surface area contributed by atoms with E-state index in [-0.39, 0.29) is 16.3 Å². The van der Waals surface area contributed by atoms with Crippen molar-refractivity contribution in [1.29, 1.82) is 0 Å². The van der Waals surface area contributed by atoms with Crippen LogP contribution in [0.25, 0.3) is 0 Å². The normalized spacial score (nSPS) is 16.6. The Morgan fingerprint density at radius 2 is 1.72 bits per heavy atom. The van der Waals surface area contributed by atoms with Gasteiger partial charge in [-0.15, -0.1) is 0 Å². The number of azo groups is 1. The van der Waals surface area contributed by atoms with Gasteiger partial charge in [0.15, 0.2) is 15.9 Å². The molecule has 3 rings (SSSR count). The molecule has 2 aromatic rings. The predicted molar refractivity (Wildman–Crippen MR) is 133 cm³/mol. The van der Waals surface area contributed by atoms with Crippen molar-refractivity contribution >= 4 is 70.9 Å². The Morgan fingerprint density at radius 1 is 1.10 bits per heavy atom. The van der Waals surface area contributed by atoms with Crippen molar-refractivity contribution in [2.75, 3.05) is 17.4 Å². The number of carbonyl (C=O) groups excluding carboxylic acids is 1. The number of anilines is 1. The zero-order valence-corrected chi connectivity index (χ0v) is 22.6. The molecule has 1 aliphatic heterocycles. The number of sulfone groups is 1. The van der Waals surface area contributed by atoms with Crippen LogP contribution in [0, 0.1) is 0 Å². The van der Waals surface area contributed by atoms with Gasteiger partial charge in [0.2, 0.25) is 0 Å². The third-order valence-corrected chi connectivity index (χ3v) is 8.31. The van der Waals surface area contributed by atoms with Crippen molar-refractivity contribution in [3.8, 4) is 0 Å². The molecule has 1 atom stereocenters. The molecule has 1 aliphatic rings. The second-order valence-corrected chi connectivity index (χ2v) is 12.6. The van der Waals surface area contributed by atoms with Crippen LogP contribution in [0.2, 0.25) is 5.02 Å². The molecule has 1 heterocycles. The average molecular weight is 625 g/mol. The Balaban J connectivity index is 1.84. The standard InChI is InChI=1S/C19H17ClN4O12S3/c1-10-17(22-21-15-8-13(19(26)27)14(20)9-16(15)38(30,31)32)18(25)24(23-10)11-2-4-12(5-3-11)37(28,29)7-6-36-39(33,34)35/h2-5,8-9,17H,6-7H2,1H3,(H,26,27)(H,30,31,32)(H,33,34,35). The first kappa shape index (κ1) is 30.2. The second-order valence-electron chi connectivity index (χ2n) is 7.65. The molecule has 1 amide bonds. The van der Waals surface area contributed by atoms with Crippen LogP contribution >= 0.6 is 11.6 Å². The van der Waals surface area contributed by atoms with E-state index in [0.29, 0.717) is 6.07 Å². The van der Waals surface area contributed by atoms with Gasteiger partial charge in [0.25, 0.3) is 16.0 Å². The number of hydrazone groups is 1. The van der Waals surface area contributed by atoms with Crippen molar-refractivity contribution in [2.24, 2.45) is 15.3 Å². The number of amides is 1. The first-order valence-corrected chi connectivity index (χ1v) is 15.0. The fraction of sp³-hybridized carbons (Fsp3) is 0.211. The Bertz CT molecular complexity index is 1720. The van der Waals surface area contributed by atoms with Gasteiger partial charge in [0.1, 0.15) is 10.6 Å². The van der Waals surface area contributed by atoms with Crippen molar-refractivity contribution in [2.45, 2.75) is 22.8 Å². The molecular weight excluding hydrogens is 608 g/mol. The molecule has 0 spiro atoms. The van der Waals surface area contributed by atoms with Gasteiger partial charge in [-0.05, 0) is 43.3 Å². The summed E-state index contributed by atoms with van der Waals surface area (Å²) in [5.74, 6) is -3.07. The molecule has 2 aromatic carbocycles. The topological polar surface area (TPSA) is 247 Å². The number of hydrogen-bond donors (Lipinski definition) is 3. The molecule has 210 valence electrons. The van der Waals surface area contributed by atoms with E-state index in [2.05, 4.69) is 19.5 Å². The third-order valence-electron chi connectivity index (χ3n) is 4.96. The van der Waals surface area contributed by atoms with E-state index in [0.717, 1.165) is 23.2 Å². The highest BCUT2D eigenvalue weighted by Gasteiger charge is 2.35. The van der Waals surface area contributed by atoms with Gasteiger partial charge in [0.05, 0.1) is 39.2 Å². The largest absolute Gasteiger partial charge is 0.478 e. The lowest BCUT2D eigenvalue weighted by molar-refractivity contribution is -0.117. The lowest BCUT2D eigenvalue weighted by Crippen LogP contribution is -2.29. The van der Waals surface area contributed by atoms with Crippen LogP contribution < -0.4 is 5.01 Å². The fourth-order valence-corrected chi connectivity index (χ4v) is 5.58. The minimum Gasteiger partial charge on any atom is -0.478 e. The number of rotatable bonds is 10. The maximum atomic E-state index is 12.9. The molecule has 0 saturated carbocycles. The summed E-state index contributed by atoms with van der Waals surface area (Å²) in [5.41, 5.74) is -0.958. The summed E-state index contributed by atoms with van der Waals surface area (Å²) in [6.07, 6.45) is 0. The number of carboxylic acid groups (broad SMARTS) is 1. The van der Waals surface area contributed by atoms with Gasteiger partial charge in [-0.1, -0.05) is 11.6 Å². The number of hydrogen-bond acceptors (Lipinski definition) is 12. The minimum atomic E-state index is -4.91. The monoisotopic (exact) mass is 624 g/mol. The van der Waals surface area contributed by atoms with Crippen molar-refractivity contribution in [3.05, 3.63) is 47.0 Å². The summed E-state index contributed by atoms with van der Waals surface area (Å²) < 4.78 is 91.2. The molecule has 0 bridgehead atoms. The van der Waals surface area contributed by atoms with Gasteiger partial charge in [-0.3, -0.25) is 13.9 Å². The summed E-state index contributed by atoms with van der Waals surface area (Å²) >= 11 is 5.76. The summed E-state index contributed by atoms with van der Waals surface area (Å²) in [5, 5.41) is 21.0. The zero-order valence-electron chi connectivity index (χ0n) is 19.4. The molecule has 0 saturated heterocycles. The van der Waals surface area contributed by atoms with E-state index >= 15 is 0 Å². The zero-order chi connectivity index (χ0) is 29.3. The van der Waals surface area contributed by atoms with Crippen LogP contribution in [0.3, 0.4) is 0 Å². The van der Waals surface area contributed by atoms with Crippen LogP contribution in [-0.2, 0) is 39.3 Å². The van der Waals surface area contributed by atoms with E-state index < -0.39 is 81.8 Å². The summed E-state index contributed by atoms with van der Waals surface area (Å²) in [6, 6.07) is 4.71. The van der Waals surface area contributed by atoms with Crippen LogP contribution in [0.15, 0.2) is 61.5 Å². The third kappa shape index (κ3) is 7.20. The molecule has 16 nitrogen and oxygen atoms in total. The van der Waals surface area contributed by atoms with Gasteiger partial charge in [0, 0.05) is 0 Å². The van der Waals surface area contributed by atoms with E-state index in [1.54, 1.807) is 0 Å². The smallest absolute Gasteiger partial charge is 0.397 e. The molecular formula is C19H17ClN4O12S3. The first-order chi connectivity index (χ1) is 17.9. The highest BCUT2D eigenvalue weighted by Crippen LogP contribution is 2.32. The predicted octanol–water partition coefficient (Wildman–Crippen LogP) is 1.75. The number of carboxylic acids is 1. The van der Waals surface area contributed by atoms with Gasteiger partial charge >= 0.3 is 16.4 Å². The molecule has 0 fully saturated rings. The number of halogens is 1. The minimum absolute atomic E-state index is 0.0867. The van der Waals surface area contributed by atoms with Crippen LogP contribution in [0.4, 0.5) is 11.4 Å². The van der Waals surface area contributed by atoms with Gasteiger partial charge in [-0.25, -0.2) is 17.4 Å². The second kappa shape index (κ2) is 11.0. The molecule has 0 radical (unpaired) electrons. The van der Waals surface area contributed by atoms with Gasteiger partial charge < -0.3 is 5.11 Å². The molecule has 39 heavy (non-hydrogen) atoms. The Kier molecular flexibility index (Phi) is 8.55. The van der Waals surface area contributed by atoms with Crippen molar-refractivity contribution in [3.63, 3.8) is 0 Å². The molecule has 1 unspecified atom stereocenters. The lowest BCUT2D eigenvalue weighted by Gasteiger charge is -2.13. The van der Waals surface area contributed by atoms with E-state index in [9.17, 15) is 44.5 Å². The van der Waals surface area contributed by atoms with Crippen molar-refractivity contribution < 1.29 is 53.2 Å². The molecule has 3 N–H and O–H groups in total. The SMILES string of the molecule is CC1=NN(c2ccc(S(=O)(=O)CCOS(=O)(=O)O)cc2)C(=O)C1N=Nc1cc(C(=O)O)c(Cl)cc1S(=O)(=O)O. The lowest BCUT2D eigenvalue weighted by atomic mass is 10.2. The molecule has 0 aliphatic carbocycles. The van der Waals surface area contributed by atoms with E-state index in [1.807, 2.05) is 0 Å². The quantitative estimate of drug-likeness (QED) is 0.253. The average Bonchev–Trinajstić information content (AvgIpc) is 3.09. The maximum absolute atomic E-state index is 12.9. The molecule has 20 heteroatoms. The van der Waals surface area contributed by atoms with E-state index in [1.165, 1.54) is 19.1 Å². The van der Waals surface area contributed by atoms with Crippen LogP contribution in [0.1, 0.15) is 17.3 Å². The highest BCUT2D eigenvalue weighted by molar-refractivity contribution is 7.91. The highest BCUT2D eigenvalue weighted by atomic mass is 35.5. The Labute approximate surface area is 226 Å². The summed E-state index contributed by atoms with van der Waals surface area (Å²) in [7, 11) is -13.7. The fourth-order valence-electron chi connectivity index (χ4n) is 3.15. The maximum Gasteiger partial charge on any atom is 0.397 e. The Morgan fingerprint density at radius 3 is 2.26 bits per heavy atom. The first-order valence-electron chi connectivity index (χ1n) is 10.2. The Hall–Kier alpha value is -3.33. The van der Waals surface area contributed by atoms with Crippen molar-refractivity contribution in [1.82, 2.24) is 0 Å². The van der Waals surface area contributed by atoms with E-state index in [4.69, 9.17) is 16.2 Å². The van der Waals surface area contributed by atoms with Crippen LogP contribution in [-0.4, -0.2) is 75.5 Å². The van der Waals surface area contributed by atoms with Gasteiger partial charge in [-0.2, -0.15) is 37.2 Å². The number of aromatic carboxylic acids is 1. The van der Waals surface area contributed by atoms with Crippen LogP contribution in [0.5, 0.6) is 0 Å². The number of nitrogens with zero attached hydrogens (tertiary/aromatic N) is 4. The molecule has 0 aromatic heterocycles. The summed E-state index contributed by atoms with van der Waals surface area (Å²) in [6.45, 7) is 0.564. The summed E-state index contributed by atoms with van der Waals surface area (Å²) in [4.78, 5) is 23.2. The number of benzene rings is 2. The number of carbonyl (C=O) groups is 2.